The molecule has 0 aliphatic rings. The zero-order valence-electron chi connectivity index (χ0n) is 10.5. The number of rotatable bonds is 4. The topological polar surface area (TPSA) is 48.4 Å². The molecule has 1 heterocycles. The molecule has 0 unspecified atom stereocenters. The van der Waals surface area contributed by atoms with Gasteiger partial charge in [0.15, 0.2) is 5.82 Å². The van der Waals surface area contributed by atoms with Gasteiger partial charge in [-0.15, -0.1) is 0 Å². The molecule has 0 aliphatic carbocycles. The lowest BCUT2D eigenvalue weighted by atomic mass is 10.0. The quantitative estimate of drug-likeness (QED) is 0.793. The first-order valence-corrected chi connectivity index (χ1v) is 5.54. The lowest BCUT2D eigenvalue weighted by molar-refractivity contribution is 0.102. The second-order valence-electron chi connectivity index (χ2n) is 3.72. The molecular formula is C14H12FNO3. The third-order valence-electron chi connectivity index (χ3n) is 2.67. The number of halogens is 1. The van der Waals surface area contributed by atoms with E-state index < -0.39 is 11.6 Å². The molecule has 2 aromatic rings. The largest absolute Gasteiger partial charge is 0.496 e. The van der Waals surface area contributed by atoms with Crippen LogP contribution in [0.2, 0.25) is 0 Å². The van der Waals surface area contributed by atoms with Crippen molar-refractivity contribution in [1.29, 1.82) is 0 Å². The van der Waals surface area contributed by atoms with Gasteiger partial charge in [-0.3, -0.25) is 9.78 Å². The Morgan fingerprint density at radius 1 is 1.16 bits per heavy atom. The Morgan fingerprint density at radius 2 is 1.79 bits per heavy atom. The maximum Gasteiger partial charge on any atom is 0.203 e. The Labute approximate surface area is 109 Å². The van der Waals surface area contributed by atoms with E-state index in [1.54, 1.807) is 18.2 Å². The first kappa shape index (κ1) is 13.0. The smallest absolute Gasteiger partial charge is 0.203 e. The molecule has 0 saturated heterocycles. The first-order chi connectivity index (χ1) is 9.19. The van der Waals surface area contributed by atoms with Crippen molar-refractivity contribution >= 4 is 5.78 Å². The van der Waals surface area contributed by atoms with Crippen molar-refractivity contribution in [2.45, 2.75) is 0 Å². The molecule has 5 heteroatoms. The van der Waals surface area contributed by atoms with Gasteiger partial charge in [-0.1, -0.05) is 6.07 Å². The highest BCUT2D eigenvalue weighted by atomic mass is 19.1. The van der Waals surface area contributed by atoms with Crippen molar-refractivity contribution < 1.29 is 18.7 Å². The van der Waals surface area contributed by atoms with Gasteiger partial charge in [0.2, 0.25) is 5.78 Å². The fourth-order valence-corrected chi connectivity index (χ4v) is 1.77. The molecule has 0 atom stereocenters. The second-order valence-corrected chi connectivity index (χ2v) is 3.72. The van der Waals surface area contributed by atoms with Gasteiger partial charge < -0.3 is 9.47 Å². The summed E-state index contributed by atoms with van der Waals surface area (Å²) in [6, 6.07) is 6.25. The summed E-state index contributed by atoms with van der Waals surface area (Å²) < 4.78 is 23.9. The first-order valence-electron chi connectivity index (χ1n) is 5.54. The molecule has 0 spiro atoms. The van der Waals surface area contributed by atoms with E-state index in [1.807, 2.05) is 0 Å². The number of ketones is 1. The van der Waals surface area contributed by atoms with Crippen LogP contribution in [0.3, 0.4) is 0 Å². The minimum absolute atomic E-state index is 0.0715. The Morgan fingerprint density at radius 3 is 2.32 bits per heavy atom. The second kappa shape index (κ2) is 5.48. The molecule has 0 N–H and O–H groups in total. The SMILES string of the molecule is COc1cccc(OC)c1C(=O)c1ccncc1F. The molecule has 2 rings (SSSR count). The van der Waals surface area contributed by atoms with Crippen LogP contribution in [0, 0.1) is 5.82 Å². The molecule has 0 bridgehead atoms. The average molecular weight is 261 g/mol. The summed E-state index contributed by atoms with van der Waals surface area (Å²) >= 11 is 0. The van der Waals surface area contributed by atoms with Gasteiger partial charge in [-0.25, -0.2) is 4.39 Å². The van der Waals surface area contributed by atoms with Gasteiger partial charge in [0.25, 0.3) is 0 Å². The van der Waals surface area contributed by atoms with E-state index in [2.05, 4.69) is 4.98 Å². The number of hydrogen-bond donors (Lipinski definition) is 0. The Hall–Kier alpha value is -2.43. The number of ether oxygens (including phenoxy) is 2. The van der Waals surface area contributed by atoms with Crippen molar-refractivity contribution in [3.8, 4) is 11.5 Å². The van der Waals surface area contributed by atoms with Crippen molar-refractivity contribution in [2.24, 2.45) is 0 Å². The van der Waals surface area contributed by atoms with Gasteiger partial charge in [-0.05, 0) is 18.2 Å². The van der Waals surface area contributed by atoms with Crippen LogP contribution < -0.4 is 9.47 Å². The van der Waals surface area contributed by atoms with Gasteiger partial charge in [0, 0.05) is 6.20 Å². The summed E-state index contributed by atoms with van der Waals surface area (Å²) in [6.45, 7) is 0. The molecule has 1 aromatic heterocycles. The maximum atomic E-state index is 13.6. The van der Waals surface area contributed by atoms with Crippen molar-refractivity contribution in [3.05, 3.63) is 53.6 Å². The summed E-state index contributed by atoms with van der Waals surface area (Å²) in [5.41, 5.74) is 0.121. The van der Waals surface area contributed by atoms with E-state index in [4.69, 9.17) is 9.47 Å². The molecule has 98 valence electrons. The third-order valence-corrected chi connectivity index (χ3v) is 2.67. The van der Waals surface area contributed by atoms with Crippen molar-refractivity contribution in [2.75, 3.05) is 14.2 Å². The van der Waals surface area contributed by atoms with Crippen LogP contribution in [0.15, 0.2) is 36.7 Å². The van der Waals surface area contributed by atoms with Crippen LogP contribution in [0.25, 0.3) is 0 Å². The number of aromatic nitrogens is 1. The summed E-state index contributed by atoms with van der Waals surface area (Å²) in [6.07, 6.45) is 2.35. The van der Waals surface area contributed by atoms with Crippen LogP contribution in [0.5, 0.6) is 11.5 Å². The van der Waals surface area contributed by atoms with Crippen LogP contribution in [-0.2, 0) is 0 Å². The van der Waals surface area contributed by atoms with E-state index in [1.165, 1.54) is 26.5 Å². The van der Waals surface area contributed by atoms with Crippen LogP contribution in [0.4, 0.5) is 4.39 Å². The van der Waals surface area contributed by atoms with Crippen LogP contribution in [-0.4, -0.2) is 25.0 Å². The lowest BCUT2D eigenvalue weighted by Crippen LogP contribution is -2.08. The number of carbonyl (C=O) groups is 1. The minimum atomic E-state index is -0.680. The number of methoxy groups -OCH3 is 2. The zero-order chi connectivity index (χ0) is 13.8. The number of carbonyl (C=O) groups excluding carboxylic acids is 1. The Kier molecular flexibility index (Phi) is 3.75. The Balaban J connectivity index is 2.58. The molecule has 0 fully saturated rings. The van der Waals surface area contributed by atoms with E-state index in [-0.39, 0.29) is 11.1 Å². The molecule has 0 saturated carbocycles. The third kappa shape index (κ3) is 2.40. The lowest BCUT2D eigenvalue weighted by Gasteiger charge is -2.12. The van der Waals surface area contributed by atoms with Crippen molar-refractivity contribution in [1.82, 2.24) is 4.98 Å². The molecular weight excluding hydrogens is 249 g/mol. The summed E-state index contributed by atoms with van der Waals surface area (Å²) in [7, 11) is 2.88. The van der Waals surface area contributed by atoms with Crippen molar-refractivity contribution in [3.63, 3.8) is 0 Å². The molecule has 0 radical (unpaired) electrons. The molecule has 0 aliphatic heterocycles. The maximum absolute atomic E-state index is 13.6. The van der Waals surface area contributed by atoms with E-state index in [0.29, 0.717) is 11.5 Å². The predicted octanol–water partition coefficient (Wildman–Crippen LogP) is 2.47. The van der Waals surface area contributed by atoms with Gasteiger partial charge >= 0.3 is 0 Å². The highest BCUT2D eigenvalue weighted by molar-refractivity contribution is 6.12. The average Bonchev–Trinajstić information content (AvgIpc) is 2.46. The fourth-order valence-electron chi connectivity index (χ4n) is 1.77. The predicted molar refractivity (Wildman–Crippen MR) is 67.2 cm³/mol. The Bertz CT molecular complexity index is 591. The van der Waals surface area contributed by atoms with E-state index in [9.17, 15) is 9.18 Å². The molecule has 19 heavy (non-hydrogen) atoms. The molecule has 1 aromatic carbocycles. The van der Waals surface area contributed by atoms with Gasteiger partial charge in [0.05, 0.1) is 26.0 Å². The normalized spacial score (nSPS) is 10.1. The van der Waals surface area contributed by atoms with Crippen LogP contribution in [0.1, 0.15) is 15.9 Å². The van der Waals surface area contributed by atoms with E-state index in [0.717, 1.165) is 6.20 Å². The number of benzene rings is 1. The number of pyridine rings is 1. The fraction of sp³-hybridized carbons (Fsp3) is 0.143. The van der Waals surface area contributed by atoms with Crippen LogP contribution >= 0.6 is 0 Å². The number of hydrogen-bond acceptors (Lipinski definition) is 4. The summed E-state index contributed by atoms with van der Waals surface area (Å²) in [4.78, 5) is 16.0. The van der Waals surface area contributed by atoms with Gasteiger partial charge in [0.1, 0.15) is 17.1 Å². The summed E-state index contributed by atoms with van der Waals surface area (Å²) in [5, 5.41) is 0. The highest BCUT2D eigenvalue weighted by Crippen LogP contribution is 2.30. The molecule has 4 nitrogen and oxygen atoms in total. The summed E-state index contributed by atoms with van der Waals surface area (Å²) in [5.74, 6) is -0.518. The van der Waals surface area contributed by atoms with Gasteiger partial charge in [-0.2, -0.15) is 0 Å². The highest BCUT2D eigenvalue weighted by Gasteiger charge is 2.22. The zero-order valence-corrected chi connectivity index (χ0v) is 10.5. The van der Waals surface area contributed by atoms with E-state index >= 15 is 0 Å². The minimum Gasteiger partial charge on any atom is -0.496 e. The standard InChI is InChI=1S/C14H12FNO3/c1-18-11-4-3-5-12(19-2)13(11)14(17)9-6-7-16-8-10(9)15/h3-8H,1-2H3. The monoisotopic (exact) mass is 261 g/mol. The molecule has 0 amide bonds. The number of nitrogens with zero attached hydrogens (tertiary/aromatic N) is 1.